The highest BCUT2D eigenvalue weighted by Gasteiger charge is 2.32. The Bertz CT molecular complexity index is 590. The van der Waals surface area contributed by atoms with E-state index < -0.39 is 12.5 Å². The van der Waals surface area contributed by atoms with Gasteiger partial charge in [-0.3, -0.25) is 0 Å². The van der Waals surface area contributed by atoms with Gasteiger partial charge in [-0.2, -0.15) is 8.78 Å². The lowest BCUT2D eigenvalue weighted by molar-refractivity contribution is -0.0466. The van der Waals surface area contributed by atoms with E-state index in [0.717, 1.165) is 5.56 Å². The fraction of sp³-hybridized carbons (Fsp3) is 0.250. The lowest BCUT2D eigenvalue weighted by atomic mass is 10.1. The van der Waals surface area contributed by atoms with Crippen molar-refractivity contribution < 1.29 is 13.5 Å². The Labute approximate surface area is 127 Å². The highest BCUT2D eigenvalue weighted by molar-refractivity contribution is 6.32. The van der Waals surface area contributed by atoms with Crippen LogP contribution in [0, 0.1) is 0 Å². The predicted molar refractivity (Wildman–Crippen MR) is 80.0 cm³/mol. The maximum atomic E-state index is 14.0. The molecule has 21 heavy (non-hydrogen) atoms. The molecule has 2 rings (SSSR count). The zero-order valence-electron chi connectivity index (χ0n) is 11.4. The summed E-state index contributed by atoms with van der Waals surface area (Å²) in [5, 5.41) is 0.310. The van der Waals surface area contributed by atoms with Gasteiger partial charge in [-0.1, -0.05) is 48.0 Å². The monoisotopic (exact) mass is 311 g/mol. The van der Waals surface area contributed by atoms with Crippen molar-refractivity contribution in [2.75, 3.05) is 13.2 Å². The van der Waals surface area contributed by atoms with E-state index in [0.29, 0.717) is 18.0 Å². The third kappa shape index (κ3) is 4.16. The van der Waals surface area contributed by atoms with Crippen molar-refractivity contribution in [3.8, 4) is 5.75 Å². The third-order valence-corrected chi connectivity index (χ3v) is 3.33. The van der Waals surface area contributed by atoms with Crippen LogP contribution in [-0.2, 0) is 12.3 Å². The van der Waals surface area contributed by atoms with Gasteiger partial charge in [0, 0.05) is 5.56 Å². The van der Waals surface area contributed by atoms with Crippen LogP contribution in [0.1, 0.15) is 11.1 Å². The number of halogens is 3. The van der Waals surface area contributed by atoms with Gasteiger partial charge >= 0.3 is 5.92 Å². The van der Waals surface area contributed by atoms with Crippen LogP contribution in [0.3, 0.4) is 0 Å². The number of alkyl halides is 2. The number of rotatable bonds is 6. The molecule has 0 bridgehead atoms. The largest absolute Gasteiger partial charge is 0.485 e. The van der Waals surface area contributed by atoms with Crippen molar-refractivity contribution in [3.05, 3.63) is 64.7 Å². The number of hydrogen-bond acceptors (Lipinski definition) is 2. The van der Waals surface area contributed by atoms with Gasteiger partial charge in [0.25, 0.3) is 0 Å². The first-order valence-electron chi connectivity index (χ1n) is 6.57. The van der Waals surface area contributed by atoms with Crippen LogP contribution < -0.4 is 10.5 Å². The Morgan fingerprint density at radius 2 is 1.81 bits per heavy atom. The molecule has 0 aliphatic heterocycles. The summed E-state index contributed by atoms with van der Waals surface area (Å²) in [6, 6.07) is 12.6. The molecule has 0 radical (unpaired) electrons. The SMILES string of the molecule is NCCc1ccc(OCC(F)(F)c2ccccc2)c(Cl)c1. The van der Waals surface area contributed by atoms with Crippen LogP contribution in [0.15, 0.2) is 48.5 Å². The summed E-state index contributed by atoms with van der Waals surface area (Å²) in [6.07, 6.45) is 0.681. The second-order valence-electron chi connectivity index (χ2n) is 4.66. The molecule has 0 saturated carbocycles. The van der Waals surface area contributed by atoms with E-state index in [2.05, 4.69) is 0 Å². The Balaban J connectivity index is 2.06. The van der Waals surface area contributed by atoms with E-state index in [1.54, 1.807) is 36.4 Å². The highest BCUT2D eigenvalue weighted by Crippen LogP contribution is 2.31. The van der Waals surface area contributed by atoms with E-state index in [4.69, 9.17) is 22.1 Å². The van der Waals surface area contributed by atoms with E-state index in [9.17, 15) is 8.78 Å². The van der Waals surface area contributed by atoms with Crippen LogP contribution in [0.4, 0.5) is 8.78 Å². The van der Waals surface area contributed by atoms with Crippen LogP contribution in [0.25, 0.3) is 0 Å². The summed E-state index contributed by atoms with van der Waals surface area (Å²) in [5.74, 6) is -2.83. The lowest BCUT2D eigenvalue weighted by Crippen LogP contribution is -2.23. The number of hydrogen-bond donors (Lipinski definition) is 1. The molecule has 2 aromatic carbocycles. The summed E-state index contributed by atoms with van der Waals surface area (Å²) >= 11 is 6.03. The Kier molecular flexibility index (Phi) is 5.15. The number of ether oxygens (including phenoxy) is 1. The van der Waals surface area contributed by atoms with Crippen LogP contribution in [0.2, 0.25) is 5.02 Å². The smallest absolute Gasteiger partial charge is 0.306 e. The zero-order valence-corrected chi connectivity index (χ0v) is 12.1. The minimum absolute atomic E-state index is 0.0825. The van der Waals surface area contributed by atoms with Crippen LogP contribution in [-0.4, -0.2) is 13.2 Å². The summed E-state index contributed by atoms with van der Waals surface area (Å²) in [5.41, 5.74) is 6.32. The molecule has 0 unspecified atom stereocenters. The average Bonchev–Trinajstić information content (AvgIpc) is 2.48. The molecule has 0 aliphatic rings. The molecule has 0 fully saturated rings. The van der Waals surface area contributed by atoms with Crippen LogP contribution in [0.5, 0.6) is 5.75 Å². The second-order valence-corrected chi connectivity index (χ2v) is 5.07. The van der Waals surface area contributed by atoms with Gasteiger partial charge in [0.1, 0.15) is 5.75 Å². The first-order chi connectivity index (χ1) is 10.0. The molecule has 0 heterocycles. The maximum Gasteiger partial charge on any atom is 0.306 e. The van der Waals surface area contributed by atoms with Gasteiger partial charge in [0.05, 0.1) is 5.02 Å². The minimum Gasteiger partial charge on any atom is -0.485 e. The molecule has 112 valence electrons. The summed E-state index contributed by atoms with van der Waals surface area (Å²) in [6.45, 7) is -0.254. The molecule has 0 aromatic heterocycles. The quantitative estimate of drug-likeness (QED) is 0.874. The Hall–Kier alpha value is -1.65. The van der Waals surface area contributed by atoms with Gasteiger partial charge in [-0.05, 0) is 30.7 Å². The van der Waals surface area contributed by atoms with E-state index in [-0.39, 0.29) is 11.3 Å². The molecule has 2 aromatic rings. The lowest BCUT2D eigenvalue weighted by Gasteiger charge is -2.18. The van der Waals surface area contributed by atoms with Gasteiger partial charge in [0.15, 0.2) is 6.61 Å². The fourth-order valence-electron chi connectivity index (χ4n) is 1.92. The summed E-state index contributed by atoms with van der Waals surface area (Å²) in [4.78, 5) is 0. The molecule has 0 amide bonds. The second kappa shape index (κ2) is 6.87. The number of benzene rings is 2. The molecular formula is C16H16ClF2NO. The molecule has 2 N–H and O–H groups in total. The molecule has 0 atom stereocenters. The van der Waals surface area contributed by atoms with Crippen molar-refractivity contribution in [2.24, 2.45) is 5.73 Å². The minimum atomic E-state index is -3.07. The molecule has 0 aliphatic carbocycles. The van der Waals surface area contributed by atoms with Crippen molar-refractivity contribution in [3.63, 3.8) is 0 Å². The van der Waals surface area contributed by atoms with E-state index in [1.165, 1.54) is 12.1 Å². The third-order valence-electron chi connectivity index (χ3n) is 3.03. The first-order valence-corrected chi connectivity index (χ1v) is 6.95. The van der Waals surface area contributed by atoms with Crippen molar-refractivity contribution in [1.29, 1.82) is 0 Å². The topological polar surface area (TPSA) is 35.2 Å². The molecule has 0 saturated heterocycles. The Morgan fingerprint density at radius 3 is 2.43 bits per heavy atom. The van der Waals surface area contributed by atoms with Gasteiger partial charge in [-0.15, -0.1) is 0 Å². The van der Waals surface area contributed by atoms with Crippen LogP contribution >= 0.6 is 11.6 Å². The zero-order chi connectivity index (χ0) is 15.3. The molecule has 2 nitrogen and oxygen atoms in total. The van der Waals surface area contributed by atoms with Crippen molar-refractivity contribution >= 4 is 11.6 Å². The normalized spacial score (nSPS) is 11.4. The van der Waals surface area contributed by atoms with Gasteiger partial charge < -0.3 is 10.5 Å². The van der Waals surface area contributed by atoms with E-state index in [1.807, 2.05) is 0 Å². The highest BCUT2D eigenvalue weighted by atomic mass is 35.5. The van der Waals surface area contributed by atoms with Gasteiger partial charge in [0.2, 0.25) is 0 Å². The molecular weight excluding hydrogens is 296 g/mol. The summed E-state index contributed by atoms with van der Waals surface area (Å²) in [7, 11) is 0. The van der Waals surface area contributed by atoms with E-state index >= 15 is 0 Å². The first kappa shape index (κ1) is 15.7. The Morgan fingerprint density at radius 1 is 1.10 bits per heavy atom. The standard InChI is InChI=1S/C16H16ClF2NO/c17-14-10-12(8-9-20)6-7-15(14)21-11-16(18,19)13-4-2-1-3-5-13/h1-7,10H,8-9,11,20H2. The van der Waals surface area contributed by atoms with Crippen molar-refractivity contribution in [2.45, 2.75) is 12.3 Å². The van der Waals surface area contributed by atoms with Crippen molar-refractivity contribution in [1.82, 2.24) is 0 Å². The predicted octanol–water partition coefficient (Wildman–Crippen LogP) is 4.01. The van der Waals surface area contributed by atoms with Gasteiger partial charge in [-0.25, -0.2) is 0 Å². The summed E-state index contributed by atoms with van der Waals surface area (Å²) < 4.78 is 33.2. The average molecular weight is 312 g/mol. The molecule has 5 heteroatoms. The maximum absolute atomic E-state index is 14.0. The fourth-order valence-corrected chi connectivity index (χ4v) is 2.17. The number of nitrogens with two attached hydrogens (primary N) is 1. The molecule has 0 spiro atoms.